The van der Waals surface area contributed by atoms with Crippen LogP contribution in [0.2, 0.25) is 0 Å². The zero-order valence-corrected chi connectivity index (χ0v) is 12.5. The summed E-state index contributed by atoms with van der Waals surface area (Å²) in [5.41, 5.74) is -0.765. The van der Waals surface area contributed by atoms with Crippen molar-refractivity contribution < 1.29 is 18.0 Å². The first-order valence-electron chi connectivity index (χ1n) is 6.15. The Balaban J connectivity index is 2.45. The number of aromatic nitrogens is 2. The van der Waals surface area contributed by atoms with Gasteiger partial charge in [0.2, 0.25) is 5.78 Å². The predicted octanol–water partition coefficient (Wildman–Crippen LogP) is 4.09. The molecule has 0 aliphatic rings. The predicted molar refractivity (Wildman–Crippen MR) is 73.5 cm³/mol. The molecule has 0 bridgehead atoms. The highest BCUT2D eigenvalue weighted by molar-refractivity contribution is 7.08. The Labute approximate surface area is 124 Å². The molecule has 0 amide bonds. The molecule has 3 nitrogen and oxygen atoms in total. The van der Waals surface area contributed by atoms with Gasteiger partial charge in [-0.25, -0.2) is 0 Å². The Hall–Kier alpha value is -1.76. The monoisotopic (exact) mass is 314 g/mol. The summed E-state index contributed by atoms with van der Waals surface area (Å²) in [5, 5.41) is 3.93. The van der Waals surface area contributed by atoms with Crippen molar-refractivity contribution in [3.8, 4) is 0 Å². The lowest BCUT2D eigenvalue weighted by atomic mass is 9.90. The summed E-state index contributed by atoms with van der Waals surface area (Å²) >= 11 is 0.901. The van der Waals surface area contributed by atoms with Gasteiger partial charge >= 0.3 is 6.18 Å². The van der Waals surface area contributed by atoms with E-state index in [0.717, 1.165) is 23.7 Å². The van der Waals surface area contributed by atoms with Crippen molar-refractivity contribution in [2.24, 2.45) is 0 Å². The summed E-state index contributed by atoms with van der Waals surface area (Å²) in [6.45, 7) is 5.60. The quantitative estimate of drug-likeness (QED) is 0.784. The van der Waals surface area contributed by atoms with Crippen LogP contribution in [0, 0.1) is 0 Å². The summed E-state index contributed by atoms with van der Waals surface area (Å²) < 4.78 is 41.9. The van der Waals surface area contributed by atoms with Gasteiger partial charge in [-0.15, -0.1) is 5.10 Å². The Kier molecular flexibility index (Phi) is 3.88. The average molecular weight is 314 g/mol. The summed E-state index contributed by atoms with van der Waals surface area (Å²) in [4.78, 5) is 12.7. The Morgan fingerprint density at radius 3 is 2.43 bits per heavy atom. The van der Waals surface area contributed by atoms with Gasteiger partial charge in [-0.05, 0) is 23.7 Å². The third kappa shape index (κ3) is 3.29. The molecular weight excluding hydrogens is 301 g/mol. The van der Waals surface area contributed by atoms with Crippen LogP contribution in [0.1, 0.15) is 47.3 Å². The molecule has 0 saturated carbocycles. The first-order chi connectivity index (χ1) is 9.60. The Morgan fingerprint density at radius 1 is 1.19 bits per heavy atom. The van der Waals surface area contributed by atoms with Crippen molar-refractivity contribution in [3.63, 3.8) is 0 Å². The van der Waals surface area contributed by atoms with Crippen molar-refractivity contribution in [2.75, 3.05) is 0 Å². The maximum Gasteiger partial charge on any atom is 0.416 e. The molecule has 1 aromatic heterocycles. The maximum absolute atomic E-state index is 12.7. The number of alkyl halides is 3. The highest BCUT2D eigenvalue weighted by atomic mass is 32.1. The fraction of sp³-hybridized carbons (Fsp3) is 0.357. The standard InChI is InChI=1S/C14H13F3N2OS/c1-13(2,3)12-11(21-19-18-12)10(20)8-5-4-6-9(7-8)14(15,16)17/h4-7H,1-3H3. The number of carbonyl (C=O) groups excluding carboxylic acids is 1. The van der Waals surface area contributed by atoms with Crippen molar-refractivity contribution in [2.45, 2.75) is 32.4 Å². The summed E-state index contributed by atoms with van der Waals surface area (Å²) in [7, 11) is 0. The van der Waals surface area contributed by atoms with Crippen molar-refractivity contribution in [1.82, 2.24) is 9.59 Å². The normalized spacial score (nSPS) is 12.5. The first kappa shape index (κ1) is 15.6. The van der Waals surface area contributed by atoms with Gasteiger partial charge in [-0.3, -0.25) is 4.79 Å². The number of hydrogen-bond donors (Lipinski definition) is 0. The summed E-state index contributed by atoms with van der Waals surface area (Å²) in [6.07, 6.45) is -4.48. The largest absolute Gasteiger partial charge is 0.416 e. The van der Waals surface area contributed by atoms with Crippen LogP contribution in [0.15, 0.2) is 24.3 Å². The molecule has 0 unspecified atom stereocenters. The van der Waals surface area contributed by atoms with E-state index in [-0.39, 0.29) is 10.4 Å². The zero-order chi connectivity index (χ0) is 15.8. The molecule has 0 radical (unpaired) electrons. The number of benzene rings is 1. The molecule has 21 heavy (non-hydrogen) atoms. The van der Waals surface area contributed by atoms with Gasteiger partial charge in [-0.2, -0.15) is 13.2 Å². The summed E-state index contributed by atoms with van der Waals surface area (Å²) in [6, 6.07) is 4.38. The molecule has 0 aliphatic heterocycles. The topological polar surface area (TPSA) is 42.9 Å². The van der Waals surface area contributed by atoms with Crippen LogP contribution in [-0.2, 0) is 11.6 Å². The van der Waals surface area contributed by atoms with Crippen molar-refractivity contribution in [3.05, 3.63) is 46.0 Å². The number of carbonyl (C=O) groups is 1. The maximum atomic E-state index is 12.7. The van der Waals surface area contributed by atoms with Crippen molar-refractivity contribution >= 4 is 17.3 Å². The van der Waals surface area contributed by atoms with E-state index in [1.165, 1.54) is 12.1 Å². The molecule has 2 rings (SSSR count). The summed E-state index contributed by atoms with van der Waals surface area (Å²) in [5.74, 6) is -0.485. The van der Waals surface area contributed by atoms with Crippen molar-refractivity contribution in [1.29, 1.82) is 0 Å². The van der Waals surface area contributed by atoms with E-state index in [1.807, 2.05) is 20.8 Å². The van der Waals surface area contributed by atoms with Crippen LogP contribution >= 0.6 is 11.5 Å². The van der Waals surface area contributed by atoms with E-state index >= 15 is 0 Å². The van der Waals surface area contributed by atoms with Gasteiger partial charge in [0.1, 0.15) is 4.88 Å². The van der Waals surface area contributed by atoms with Gasteiger partial charge < -0.3 is 0 Å². The number of ketones is 1. The van der Waals surface area contributed by atoms with E-state index in [9.17, 15) is 18.0 Å². The number of rotatable bonds is 2. The molecule has 112 valence electrons. The fourth-order valence-electron chi connectivity index (χ4n) is 1.80. The van der Waals surface area contributed by atoms with Gasteiger partial charge in [0.15, 0.2) is 0 Å². The molecular formula is C14H13F3N2OS. The van der Waals surface area contributed by atoms with Crippen LogP contribution in [0.5, 0.6) is 0 Å². The molecule has 0 saturated heterocycles. The van der Waals surface area contributed by atoms with Crippen LogP contribution in [0.25, 0.3) is 0 Å². The minimum absolute atomic E-state index is 0.0126. The molecule has 0 fully saturated rings. The van der Waals surface area contributed by atoms with E-state index < -0.39 is 22.9 Å². The minimum atomic E-state index is -4.48. The molecule has 1 heterocycles. The van der Waals surface area contributed by atoms with Gasteiger partial charge in [0.05, 0.1) is 11.3 Å². The molecule has 7 heteroatoms. The fourth-order valence-corrected chi connectivity index (χ4v) is 2.64. The molecule has 0 aliphatic carbocycles. The average Bonchev–Trinajstić information content (AvgIpc) is 2.86. The van der Waals surface area contributed by atoms with E-state index in [0.29, 0.717) is 5.69 Å². The lowest BCUT2D eigenvalue weighted by Gasteiger charge is -2.16. The van der Waals surface area contributed by atoms with Gasteiger partial charge in [0, 0.05) is 11.0 Å². The third-order valence-corrected chi connectivity index (χ3v) is 3.58. The van der Waals surface area contributed by atoms with E-state index in [1.54, 1.807) is 0 Å². The van der Waals surface area contributed by atoms with Crippen LogP contribution < -0.4 is 0 Å². The molecule has 0 spiro atoms. The SMILES string of the molecule is CC(C)(C)c1nnsc1C(=O)c1cccc(C(F)(F)F)c1. The van der Waals surface area contributed by atoms with Gasteiger partial charge in [0.25, 0.3) is 0 Å². The number of hydrogen-bond acceptors (Lipinski definition) is 4. The van der Waals surface area contributed by atoms with E-state index in [2.05, 4.69) is 9.59 Å². The molecule has 1 aromatic carbocycles. The number of halogens is 3. The second kappa shape index (κ2) is 5.22. The van der Waals surface area contributed by atoms with Gasteiger partial charge in [-0.1, -0.05) is 37.4 Å². The third-order valence-electron chi connectivity index (χ3n) is 2.86. The highest BCUT2D eigenvalue weighted by Crippen LogP contribution is 2.31. The van der Waals surface area contributed by atoms with Crippen LogP contribution in [0.3, 0.4) is 0 Å². The smallest absolute Gasteiger partial charge is 0.288 e. The lowest BCUT2D eigenvalue weighted by molar-refractivity contribution is -0.137. The first-order valence-corrected chi connectivity index (χ1v) is 6.93. The molecule has 0 N–H and O–H groups in total. The second-order valence-corrected chi connectivity index (χ2v) is 6.36. The Bertz CT molecular complexity index is 671. The second-order valence-electron chi connectivity index (χ2n) is 5.61. The van der Waals surface area contributed by atoms with Crippen LogP contribution in [0.4, 0.5) is 13.2 Å². The minimum Gasteiger partial charge on any atom is -0.288 e. The number of nitrogens with zero attached hydrogens (tertiary/aromatic N) is 2. The zero-order valence-electron chi connectivity index (χ0n) is 11.7. The highest BCUT2D eigenvalue weighted by Gasteiger charge is 2.32. The Morgan fingerprint density at radius 2 is 1.86 bits per heavy atom. The van der Waals surface area contributed by atoms with E-state index in [4.69, 9.17) is 0 Å². The van der Waals surface area contributed by atoms with Crippen LogP contribution in [-0.4, -0.2) is 15.4 Å². The molecule has 2 aromatic rings. The molecule has 0 atom stereocenters. The lowest BCUT2D eigenvalue weighted by Crippen LogP contribution is -2.17.